The summed E-state index contributed by atoms with van der Waals surface area (Å²) in [7, 11) is 0. The fraction of sp³-hybridized carbons (Fsp3) is 0.533. The molecule has 18 heavy (non-hydrogen) atoms. The van der Waals surface area contributed by atoms with E-state index < -0.39 is 5.97 Å². The van der Waals surface area contributed by atoms with E-state index in [-0.39, 0.29) is 6.42 Å². The minimum Gasteiger partial charge on any atom is -0.494 e. The summed E-state index contributed by atoms with van der Waals surface area (Å²) in [6.07, 6.45) is 2.78. The topological polar surface area (TPSA) is 46.5 Å². The van der Waals surface area contributed by atoms with Crippen LogP contribution in [0.4, 0.5) is 0 Å². The highest BCUT2D eigenvalue weighted by atomic mass is 16.5. The van der Waals surface area contributed by atoms with Crippen LogP contribution in [-0.4, -0.2) is 17.7 Å². The van der Waals surface area contributed by atoms with Crippen LogP contribution in [0.5, 0.6) is 5.75 Å². The molecule has 0 saturated carbocycles. The minimum absolute atomic E-state index is 0.253. The first-order valence-corrected chi connectivity index (χ1v) is 6.54. The maximum absolute atomic E-state index is 10.3. The number of hydrogen-bond acceptors (Lipinski definition) is 2. The molecule has 0 radical (unpaired) electrons. The van der Waals surface area contributed by atoms with Gasteiger partial charge < -0.3 is 9.84 Å². The maximum atomic E-state index is 10.3. The van der Waals surface area contributed by atoms with Crippen LogP contribution in [0.25, 0.3) is 0 Å². The molecule has 0 aliphatic carbocycles. The molecule has 0 heterocycles. The van der Waals surface area contributed by atoms with Crippen LogP contribution >= 0.6 is 0 Å². The lowest BCUT2D eigenvalue weighted by atomic mass is 10.0. The SMILES string of the molecule is CC(C)c1ccc(OCCCCCC(=O)O)cc1. The number of hydrogen-bond donors (Lipinski definition) is 1. The predicted octanol–water partition coefficient (Wildman–Crippen LogP) is 3.83. The number of unbranched alkanes of at least 4 members (excludes halogenated alkanes) is 2. The first kappa shape index (κ1) is 14.6. The van der Waals surface area contributed by atoms with Crippen molar-refractivity contribution in [1.82, 2.24) is 0 Å². The van der Waals surface area contributed by atoms with E-state index in [9.17, 15) is 4.79 Å². The molecule has 1 rings (SSSR count). The Bertz CT molecular complexity index is 355. The predicted molar refractivity (Wildman–Crippen MR) is 72.1 cm³/mol. The van der Waals surface area contributed by atoms with Crippen molar-refractivity contribution < 1.29 is 14.6 Å². The van der Waals surface area contributed by atoms with Crippen molar-refractivity contribution in [3.05, 3.63) is 29.8 Å². The molecule has 0 aliphatic rings. The van der Waals surface area contributed by atoms with E-state index >= 15 is 0 Å². The molecule has 100 valence electrons. The molecular weight excluding hydrogens is 228 g/mol. The Hall–Kier alpha value is -1.51. The number of benzene rings is 1. The molecule has 1 aromatic rings. The first-order valence-electron chi connectivity index (χ1n) is 6.54. The fourth-order valence-corrected chi connectivity index (χ4v) is 1.69. The van der Waals surface area contributed by atoms with Crippen molar-refractivity contribution in [2.45, 2.75) is 45.4 Å². The smallest absolute Gasteiger partial charge is 0.303 e. The highest BCUT2D eigenvalue weighted by Gasteiger charge is 2.00. The van der Waals surface area contributed by atoms with E-state index in [0.29, 0.717) is 12.5 Å². The van der Waals surface area contributed by atoms with Crippen LogP contribution in [0.2, 0.25) is 0 Å². The zero-order chi connectivity index (χ0) is 13.4. The second-order valence-electron chi connectivity index (χ2n) is 4.78. The van der Waals surface area contributed by atoms with Gasteiger partial charge in [-0.25, -0.2) is 0 Å². The zero-order valence-electron chi connectivity index (χ0n) is 11.2. The molecule has 0 saturated heterocycles. The summed E-state index contributed by atoms with van der Waals surface area (Å²) in [4.78, 5) is 10.3. The van der Waals surface area contributed by atoms with Crippen molar-refractivity contribution in [1.29, 1.82) is 0 Å². The van der Waals surface area contributed by atoms with Gasteiger partial charge in [0.2, 0.25) is 0 Å². The summed E-state index contributed by atoms with van der Waals surface area (Å²) in [6.45, 7) is 4.98. The van der Waals surface area contributed by atoms with Gasteiger partial charge in [-0.1, -0.05) is 26.0 Å². The van der Waals surface area contributed by atoms with Gasteiger partial charge in [0.1, 0.15) is 5.75 Å². The molecule has 0 atom stereocenters. The van der Waals surface area contributed by atoms with Gasteiger partial charge in [0, 0.05) is 6.42 Å². The Morgan fingerprint density at radius 2 is 1.83 bits per heavy atom. The summed E-state index contributed by atoms with van der Waals surface area (Å²) in [5.41, 5.74) is 1.31. The number of carboxylic acids is 1. The van der Waals surface area contributed by atoms with E-state index in [1.165, 1.54) is 5.56 Å². The van der Waals surface area contributed by atoms with Gasteiger partial charge >= 0.3 is 5.97 Å². The minimum atomic E-state index is -0.722. The standard InChI is InChI=1S/C15H22O3/c1-12(2)13-7-9-14(10-8-13)18-11-5-3-4-6-15(16)17/h7-10,12H,3-6,11H2,1-2H3,(H,16,17). The van der Waals surface area contributed by atoms with Crippen LogP contribution in [0, 0.1) is 0 Å². The van der Waals surface area contributed by atoms with E-state index in [0.717, 1.165) is 25.0 Å². The normalized spacial score (nSPS) is 10.6. The molecule has 0 fully saturated rings. The lowest BCUT2D eigenvalue weighted by Gasteiger charge is -2.08. The molecule has 1 aromatic carbocycles. The Labute approximate surface area is 109 Å². The third kappa shape index (κ3) is 5.71. The molecule has 3 heteroatoms. The van der Waals surface area contributed by atoms with Crippen LogP contribution in [0.3, 0.4) is 0 Å². The molecule has 0 aromatic heterocycles. The van der Waals surface area contributed by atoms with Gasteiger partial charge in [-0.2, -0.15) is 0 Å². The summed E-state index contributed by atoms with van der Waals surface area (Å²) >= 11 is 0. The molecular formula is C15H22O3. The van der Waals surface area contributed by atoms with Gasteiger partial charge in [0.15, 0.2) is 0 Å². The summed E-state index contributed by atoms with van der Waals surface area (Å²) < 4.78 is 5.60. The molecule has 0 amide bonds. The maximum Gasteiger partial charge on any atom is 0.303 e. The average molecular weight is 250 g/mol. The number of rotatable bonds is 8. The average Bonchev–Trinajstić information content (AvgIpc) is 2.34. The van der Waals surface area contributed by atoms with Crippen LogP contribution in [0.15, 0.2) is 24.3 Å². The Balaban J connectivity index is 2.17. The van der Waals surface area contributed by atoms with Gasteiger partial charge in [0.05, 0.1) is 6.61 Å². The Morgan fingerprint density at radius 1 is 1.17 bits per heavy atom. The van der Waals surface area contributed by atoms with E-state index in [4.69, 9.17) is 9.84 Å². The number of carboxylic acid groups (broad SMARTS) is 1. The third-order valence-corrected chi connectivity index (χ3v) is 2.85. The van der Waals surface area contributed by atoms with Gasteiger partial charge in [-0.3, -0.25) is 4.79 Å². The monoisotopic (exact) mass is 250 g/mol. The first-order chi connectivity index (χ1) is 8.59. The van der Waals surface area contributed by atoms with E-state index in [2.05, 4.69) is 26.0 Å². The molecule has 0 bridgehead atoms. The second-order valence-corrected chi connectivity index (χ2v) is 4.78. The van der Waals surface area contributed by atoms with Gasteiger partial charge in [0.25, 0.3) is 0 Å². The lowest BCUT2D eigenvalue weighted by molar-refractivity contribution is -0.137. The van der Waals surface area contributed by atoms with Crippen LogP contribution < -0.4 is 4.74 Å². The third-order valence-electron chi connectivity index (χ3n) is 2.85. The largest absolute Gasteiger partial charge is 0.494 e. The van der Waals surface area contributed by atoms with E-state index in [1.54, 1.807) is 0 Å². The Morgan fingerprint density at radius 3 is 2.39 bits per heavy atom. The number of aliphatic carboxylic acids is 1. The highest BCUT2D eigenvalue weighted by molar-refractivity contribution is 5.66. The van der Waals surface area contributed by atoms with Gasteiger partial charge in [-0.15, -0.1) is 0 Å². The molecule has 0 spiro atoms. The fourth-order valence-electron chi connectivity index (χ4n) is 1.69. The van der Waals surface area contributed by atoms with Crippen molar-refractivity contribution >= 4 is 5.97 Å². The summed E-state index contributed by atoms with van der Waals surface area (Å²) in [5, 5.41) is 8.49. The molecule has 3 nitrogen and oxygen atoms in total. The van der Waals surface area contributed by atoms with Crippen molar-refractivity contribution in [2.24, 2.45) is 0 Å². The zero-order valence-corrected chi connectivity index (χ0v) is 11.2. The van der Waals surface area contributed by atoms with Crippen molar-refractivity contribution in [2.75, 3.05) is 6.61 Å². The van der Waals surface area contributed by atoms with Crippen LogP contribution in [0.1, 0.15) is 51.0 Å². The van der Waals surface area contributed by atoms with Crippen LogP contribution in [-0.2, 0) is 4.79 Å². The Kier molecular flexibility index (Phi) is 6.26. The highest BCUT2D eigenvalue weighted by Crippen LogP contribution is 2.18. The molecule has 1 N–H and O–H groups in total. The van der Waals surface area contributed by atoms with Crippen molar-refractivity contribution in [3.63, 3.8) is 0 Å². The second kappa shape index (κ2) is 7.75. The van der Waals surface area contributed by atoms with E-state index in [1.807, 2.05) is 12.1 Å². The quantitative estimate of drug-likeness (QED) is 0.713. The lowest BCUT2D eigenvalue weighted by Crippen LogP contribution is -1.99. The van der Waals surface area contributed by atoms with Crippen molar-refractivity contribution in [3.8, 4) is 5.75 Å². The molecule has 0 unspecified atom stereocenters. The number of carbonyl (C=O) groups is 1. The molecule has 0 aliphatic heterocycles. The summed E-state index contributed by atoms with van der Waals surface area (Å²) in [5.74, 6) is 0.702. The summed E-state index contributed by atoms with van der Waals surface area (Å²) in [6, 6.07) is 8.16. The number of ether oxygens (including phenoxy) is 1. The van der Waals surface area contributed by atoms with Gasteiger partial charge in [-0.05, 0) is 42.9 Å².